The maximum atomic E-state index is 6.67. The van der Waals surface area contributed by atoms with E-state index in [4.69, 9.17) is 22.8 Å². The summed E-state index contributed by atoms with van der Waals surface area (Å²) >= 11 is 6.67. The molecule has 0 heterocycles. The van der Waals surface area contributed by atoms with E-state index in [1.54, 1.807) is 0 Å². The molecule has 4 aliphatic rings. The van der Waals surface area contributed by atoms with Crippen LogP contribution < -0.4 is 4.74 Å². The quantitative estimate of drug-likeness (QED) is 0.356. The third-order valence-electron chi connectivity index (χ3n) is 8.27. The fraction of sp³-hybridized carbons (Fsp3) is 0.355. The van der Waals surface area contributed by atoms with Crippen molar-refractivity contribution in [3.05, 3.63) is 88.4 Å². The van der Waals surface area contributed by atoms with Crippen LogP contribution in [0.5, 0.6) is 5.75 Å². The summed E-state index contributed by atoms with van der Waals surface area (Å²) in [4.78, 5) is 0. The average Bonchev–Trinajstić information content (AvgIpc) is 2.82. The SMILES string of the molecule is C#Cc1ccc(-c2ccc(OCc3ccccc3)c(C34CC5CC(CC(C5)C3)C4)c2)c(Cl)c1. The highest BCUT2D eigenvalue weighted by Gasteiger charge is 2.52. The molecule has 4 saturated carbocycles. The topological polar surface area (TPSA) is 9.23 Å². The van der Waals surface area contributed by atoms with Crippen molar-refractivity contribution in [1.29, 1.82) is 0 Å². The van der Waals surface area contributed by atoms with E-state index in [2.05, 4.69) is 54.5 Å². The maximum Gasteiger partial charge on any atom is 0.123 e. The van der Waals surface area contributed by atoms with Gasteiger partial charge < -0.3 is 4.74 Å². The van der Waals surface area contributed by atoms with Gasteiger partial charge in [0.25, 0.3) is 0 Å². The van der Waals surface area contributed by atoms with Crippen molar-refractivity contribution >= 4 is 11.6 Å². The fourth-order valence-electron chi connectivity index (χ4n) is 7.25. The van der Waals surface area contributed by atoms with Gasteiger partial charge in [-0.15, -0.1) is 6.42 Å². The Morgan fingerprint density at radius 1 is 0.879 bits per heavy atom. The number of terminal acetylenes is 1. The van der Waals surface area contributed by atoms with Crippen LogP contribution in [0.2, 0.25) is 5.02 Å². The lowest BCUT2D eigenvalue weighted by Crippen LogP contribution is -2.48. The third-order valence-corrected chi connectivity index (χ3v) is 8.59. The van der Waals surface area contributed by atoms with E-state index in [0.717, 1.165) is 40.2 Å². The number of benzene rings is 3. The van der Waals surface area contributed by atoms with E-state index in [1.165, 1.54) is 49.7 Å². The molecule has 0 aliphatic heterocycles. The van der Waals surface area contributed by atoms with Gasteiger partial charge in [-0.3, -0.25) is 0 Å². The molecule has 166 valence electrons. The predicted octanol–water partition coefficient (Wildman–Crippen LogP) is 8.04. The minimum absolute atomic E-state index is 0.238. The number of hydrogen-bond acceptors (Lipinski definition) is 1. The molecule has 4 bridgehead atoms. The predicted molar refractivity (Wildman–Crippen MR) is 135 cm³/mol. The third kappa shape index (κ3) is 3.85. The van der Waals surface area contributed by atoms with Gasteiger partial charge in [-0.25, -0.2) is 0 Å². The van der Waals surface area contributed by atoms with Gasteiger partial charge >= 0.3 is 0 Å². The lowest BCUT2D eigenvalue weighted by Gasteiger charge is -2.57. The van der Waals surface area contributed by atoms with Crippen LogP contribution in [0.3, 0.4) is 0 Å². The van der Waals surface area contributed by atoms with Gasteiger partial charge in [-0.1, -0.05) is 60.0 Å². The van der Waals surface area contributed by atoms with Crippen molar-refractivity contribution in [1.82, 2.24) is 0 Å². The first-order chi connectivity index (χ1) is 16.1. The molecule has 0 atom stereocenters. The van der Waals surface area contributed by atoms with Gasteiger partial charge in [0, 0.05) is 21.7 Å². The zero-order valence-electron chi connectivity index (χ0n) is 18.9. The largest absolute Gasteiger partial charge is 0.489 e. The van der Waals surface area contributed by atoms with Crippen LogP contribution in [-0.2, 0) is 12.0 Å². The molecule has 2 heteroatoms. The van der Waals surface area contributed by atoms with Gasteiger partial charge in [0.1, 0.15) is 12.4 Å². The van der Waals surface area contributed by atoms with Gasteiger partial charge in [0.2, 0.25) is 0 Å². The van der Waals surface area contributed by atoms with E-state index < -0.39 is 0 Å². The van der Waals surface area contributed by atoms with Gasteiger partial charge in [-0.2, -0.15) is 0 Å². The molecule has 3 aromatic rings. The summed E-state index contributed by atoms with van der Waals surface area (Å²) in [6.07, 6.45) is 13.8. The highest BCUT2D eigenvalue weighted by atomic mass is 35.5. The van der Waals surface area contributed by atoms with Crippen LogP contribution in [0.15, 0.2) is 66.7 Å². The van der Waals surface area contributed by atoms with Gasteiger partial charge in [-0.05, 0) is 97.1 Å². The summed E-state index contributed by atoms with van der Waals surface area (Å²) < 4.78 is 6.51. The van der Waals surface area contributed by atoms with E-state index >= 15 is 0 Å². The Hall–Kier alpha value is -2.69. The van der Waals surface area contributed by atoms with Crippen LogP contribution in [0.25, 0.3) is 11.1 Å². The molecule has 0 spiro atoms. The average molecular weight is 453 g/mol. The molecular weight excluding hydrogens is 424 g/mol. The van der Waals surface area contributed by atoms with E-state index in [1.807, 2.05) is 18.2 Å². The van der Waals surface area contributed by atoms with E-state index in [0.29, 0.717) is 11.6 Å². The molecule has 0 N–H and O–H groups in total. The normalized spacial score (nSPS) is 27.3. The molecule has 4 fully saturated rings. The van der Waals surface area contributed by atoms with Crippen LogP contribution in [0, 0.1) is 30.1 Å². The zero-order chi connectivity index (χ0) is 22.4. The highest BCUT2D eigenvalue weighted by molar-refractivity contribution is 6.33. The van der Waals surface area contributed by atoms with Crippen LogP contribution in [0.4, 0.5) is 0 Å². The first-order valence-electron chi connectivity index (χ1n) is 12.2. The molecule has 4 aliphatic carbocycles. The number of hydrogen-bond donors (Lipinski definition) is 0. The summed E-state index contributed by atoms with van der Waals surface area (Å²) in [7, 11) is 0. The standard InChI is InChI=1S/C31H29ClO/c1-2-21-8-10-27(29(32)15-21)26-9-11-30(33-20-22-6-4-3-5-7-22)28(16-26)31-17-23-12-24(18-31)14-25(13-23)19-31/h1,3-11,15-16,23-25H,12-14,17-20H2. The van der Waals surface area contributed by atoms with Crippen LogP contribution in [-0.4, -0.2) is 0 Å². The lowest BCUT2D eigenvalue weighted by molar-refractivity contribution is -0.00645. The van der Waals surface area contributed by atoms with E-state index in [9.17, 15) is 0 Å². The monoisotopic (exact) mass is 452 g/mol. The summed E-state index contributed by atoms with van der Waals surface area (Å²) in [5.74, 6) is 6.35. The zero-order valence-corrected chi connectivity index (χ0v) is 19.7. The number of rotatable bonds is 5. The molecule has 33 heavy (non-hydrogen) atoms. The van der Waals surface area contributed by atoms with Crippen molar-refractivity contribution in [2.24, 2.45) is 17.8 Å². The first-order valence-corrected chi connectivity index (χ1v) is 12.6. The van der Waals surface area contributed by atoms with Crippen LogP contribution >= 0.6 is 11.6 Å². The second-order valence-electron chi connectivity index (χ2n) is 10.5. The van der Waals surface area contributed by atoms with Gasteiger partial charge in [0.15, 0.2) is 0 Å². The minimum atomic E-state index is 0.238. The van der Waals surface area contributed by atoms with Crippen molar-refractivity contribution < 1.29 is 4.74 Å². The Bertz CT molecular complexity index is 1180. The van der Waals surface area contributed by atoms with Gasteiger partial charge in [0.05, 0.1) is 0 Å². The molecule has 0 unspecified atom stereocenters. The molecule has 3 aromatic carbocycles. The number of halogens is 1. The fourth-order valence-corrected chi connectivity index (χ4v) is 7.54. The van der Waals surface area contributed by atoms with Crippen molar-refractivity contribution in [2.45, 2.75) is 50.5 Å². The lowest BCUT2D eigenvalue weighted by atomic mass is 9.48. The molecule has 0 amide bonds. The molecule has 7 rings (SSSR count). The Labute approximate surface area is 202 Å². The van der Waals surface area contributed by atoms with Crippen molar-refractivity contribution in [3.63, 3.8) is 0 Å². The molecule has 1 nitrogen and oxygen atoms in total. The smallest absolute Gasteiger partial charge is 0.123 e. The Morgan fingerprint density at radius 3 is 2.21 bits per heavy atom. The Kier molecular flexibility index (Phi) is 5.23. The first kappa shape index (κ1) is 20.9. The summed E-state index contributed by atoms with van der Waals surface area (Å²) in [6.45, 7) is 0.594. The van der Waals surface area contributed by atoms with E-state index in [-0.39, 0.29) is 5.41 Å². The summed E-state index contributed by atoms with van der Waals surface area (Å²) in [5, 5.41) is 0.708. The molecule has 0 radical (unpaired) electrons. The maximum absolute atomic E-state index is 6.67. The Morgan fingerprint density at radius 2 is 1.58 bits per heavy atom. The highest BCUT2D eigenvalue weighted by Crippen LogP contribution is 2.62. The molecular formula is C31H29ClO. The minimum Gasteiger partial charge on any atom is -0.489 e. The summed E-state index contributed by atoms with van der Waals surface area (Å²) in [5.41, 5.74) is 5.84. The molecule has 0 aromatic heterocycles. The van der Waals surface area contributed by atoms with Crippen LogP contribution in [0.1, 0.15) is 55.2 Å². The Balaban J connectivity index is 1.42. The number of ether oxygens (including phenoxy) is 1. The summed E-state index contributed by atoms with van der Waals surface area (Å²) in [6, 6.07) is 23.1. The molecule has 0 saturated heterocycles. The van der Waals surface area contributed by atoms with Crippen molar-refractivity contribution in [3.8, 4) is 29.2 Å². The second-order valence-corrected chi connectivity index (χ2v) is 10.9. The van der Waals surface area contributed by atoms with Crippen molar-refractivity contribution in [2.75, 3.05) is 0 Å². The second kappa shape index (κ2) is 8.27.